The molecule has 20 heavy (non-hydrogen) atoms. The number of rotatable bonds is 3. The second-order valence-corrected chi connectivity index (χ2v) is 5.78. The van der Waals surface area contributed by atoms with Gasteiger partial charge in [0, 0.05) is 31.3 Å². The molecule has 2 fully saturated rings. The molecular weight excluding hydrogens is 260 g/mol. The Morgan fingerprint density at radius 2 is 2.30 bits per heavy atom. The first-order valence-corrected chi connectivity index (χ1v) is 6.69. The fraction of sp³-hybridized carbons (Fsp3) is 0.615. The molecule has 2 saturated heterocycles. The van der Waals surface area contributed by atoms with Crippen LogP contribution in [0.1, 0.15) is 12.6 Å². The van der Waals surface area contributed by atoms with Crippen LogP contribution in [0.5, 0.6) is 0 Å². The Hall–Kier alpha value is -2.05. The molecule has 1 N–H and O–H groups in total. The van der Waals surface area contributed by atoms with Gasteiger partial charge in [0.2, 0.25) is 5.91 Å². The number of carbonyl (C=O) groups is 2. The summed E-state index contributed by atoms with van der Waals surface area (Å²) in [6.45, 7) is 3.45. The van der Waals surface area contributed by atoms with Crippen molar-refractivity contribution in [3.8, 4) is 0 Å². The van der Waals surface area contributed by atoms with Gasteiger partial charge in [-0.1, -0.05) is 6.92 Å². The van der Waals surface area contributed by atoms with Crippen LogP contribution >= 0.6 is 0 Å². The van der Waals surface area contributed by atoms with Crippen LogP contribution in [-0.4, -0.2) is 64.1 Å². The Kier molecular flexibility index (Phi) is 2.92. The molecule has 2 aliphatic heterocycles. The summed E-state index contributed by atoms with van der Waals surface area (Å²) in [6, 6.07) is 0. The summed E-state index contributed by atoms with van der Waals surface area (Å²) in [4.78, 5) is 33.9. The third-order valence-electron chi connectivity index (χ3n) is 3.91. The molecule has 1 aromatic heterocycles. The number of nitrogens with one attached hydrogen (secondary N) is 1. The molecule has 1 unspecified atom stereocenters. The molecular formula is C13H18N4O3. The minimum atomic E-state index is -0.477. The van der Waals surface area contributed by atoms with Crippen LogP contribution in [0.2, 0.25) is 0 Å². The average molecular weight is 278 g/mol. The van der Waals surface area contributed by atoms with E-state index in [0.29, 0.717) is 26.1 Å². The van der Waals surface area contributed by atoms with Gasteiger partial charge in [0.05, 0.1) is 26.0 Å². The zero-order valence-corrected chi connectivity index (χ0v) is 11.6. The second kappa shape index (κ2) is 4.50. The van der Waals surface area contributed by atoms with E-state index in [0.717, 1.165) is 5.69 Å². The lowest BCUT2D eigenvalue weighted by Gasteiger charge is -2.46. The summed E-state index contributed by atoms with van der Waals surface area (Å²) >= 11 is 0. The fourth-order valence-corrected chi connectivity index (χ4v) is 2.89. The lowest BCUT2D eigenvalue weighted by molar-refractivity contribution is -0.153. The predicted molar refractivity (Wildman–Crippen MR) is 69.9 cm³/mol. The number of hydrogen-bond donors (Lipinski definition) is 1. The van der Waals surface area contributed by atoms with Crippen molar-refractivity contribution >= 4 is 12.0 Å². The highest BCUT2D eigenvalue weighted by Crippen LogP contribution is 2.32. The van der Waals surface area contributed by atoms with Crippen LogP contribution < -0.4 is 0 Å². The Morgan fingerprint density at radius 1 is 1.55 bits per heavy atom. The number of likely N-dealkylation sites (tertiary alicyclic amines) is 1. The Balaban J connectivity index is 1.54. The smallest absolute Gasteiger partial charge is 0.410 e. The molecule has 7 nitrogen and oxygen atoms in total. The van der Waals surface area contributed by atoms with Gasteiger partial charge in [0.15, 0.2) is 5.60 Å². The molecule has 0 aromatic carbocycles. The Bertz CT molecular complexity index is 522. The number of aromatic nitrogens is 2. The van der Waals surface area contributed by atoms with Crippen molar-refractivity contribution in [3.63, 3.8) is 0 Å². The molecule has 0 radical (unpaired) electrons. The van der Waals surface area contributed by atoms with E-state index in [-0.39, 0.29) is 17.9 Å². The van der Waals surface area contributed by atoms with Gasteiger partial charge >= 0.3 is 6.09 Å². The van der Waals surface area contributed by atoms with E-state index in [1.54, 1.807) is 29.4 Å². The van der Waals surface area contributed by atoms with Crippen LogP contribution in [0.3, 0.4) is 0 Å². The van der Waals surface area contributed by atoms with Gasteiger partial charge < -0.3 is 19.5 Å². The van der Waals surface area contributed by atoms with E-state index >= 15 is 0 Å². The SMILES string of the molecule is CC(Cc1cnc[nH]1)C(=O)N1CC2(CN(C)C(=O)O2)C1. The predicted octanol–water partition coefficient (Wildman–Crippen LogP) is 0.251. The maximum absolute atomic E-state index is 12.3. The van der Waals surface area contributed by atoms with E-state index < -0.39 is 5.60 Å². The van der Waals surface area contributed by atoms with Crippen molar-refractivity contribution in [1.29, 1.82) is 0 Å². The first-order chi connectivity index (χ1) is 9.49. The Morgan fingerprint density at radius 3 is 2.85 bits per heavy atom. The van der Waals surface area contributed by atoms with Crippen molar-refractivity contribution < 1.29 is 14.3 Å². The second-order valence-electron chi connectivity index (χ2n) is 5.78. The number of hydrogen-bond acceptors (Lipinski definition) is 4. The van der Waals surface area contributed by atoms with E-state index in [1.807, 2.05) is 6.92 Å². The third kappa shape index (κ3) is 2.13. The number of H-pyrrole nitrogens is 1. The zero-order valence-electron chi connectivity index (χ0n) is 11.6. The highest BCUT2D eigenvalue weighted by Gasteiger charge is 2.54. The molecule has 108 valence electrons. The summed E-state index contributed by atoms with van der Waals surface area (Å²) in [5.41, 5.74) is 0.475. The first kappa shape index (κ1) is 13.0. The molecule has 1 spiro atoms. The van der Waals surface area contributed by atoms with Crippen molar-refractivity contribution in [2.45, 2.75) is 18.9 Å². The van der Waals surface area contributed by atoms with Crippen LogP contribution in [-0.2, 0) is 16.0 Å². The van der Waals surface area contributed by atoms with Crippen LogP contribution in [0.4, 0.5) is 4.79 Å². The summed E-state index contributed by atoms with van der Waals surface area (Å²) < 4.78 is 5.34. The van der Waals surface area contributed by atoms with Gasteiger partial charge in [-0.15, -0.1) is 0 Å². The van der Waals surface area contributed by atoms with Gasteiger partial charge in [0.1, 0.15) is 0 Å². The standard InChI is InChI=1S/C13H18N4O3/c1-9(3-10-4-14-8-15-10)11(18)17-6-13(7-17)5-16(2)12(19)20-13/h4,8-9H,3,5-7H2,1-2H3,(H,14,15). The van der Waals surface area contributed by atoms with E-state index in [4.69, 9.17) is 4.74 Å². The van der Waals surface area contributed by atoms with E-state index in [9.17, 15) is 9.59 Å². The molecule has 1 atom stereocenters. The average Bonchev–Trinajstić information content (AvgIpc) is 2.95. The summed E-state index contributed by atoms with van der Waals surface area (Å²) in [5.74, 6) is -0.0153. The largest absolute Gasteiger partial charge is 0.437 e. The van der Waals surface area contributed by atoms with E-state index in [2.05, 4.69) is 9.97 Å². The summed E-state index contributed by atoms with van der Waals surface area (Å²) in [7, 11) is 1.71. The number of imidazole rings is 1. The van der Waals surface area contributed by atoms with Gasteiger partial charge in [-0.3, -0.25) is 4.79 Å². The lowest BCUT2D eigenvalue weighted by Crippen LogP contribution is -2.66. The number of aromatic amines is 1. The van der Waals surface area contributed by atoms with E-state index in [1.165, 1.54) is 0 Å². The fourth-order valence-electron chi connectivity index (χ4n) is 2.89. The zero-order chi connectivity index (χ0) is 14.3. The molecule has 3 rings (SSSR count). The highest BCUT2D eigenvalue weighted by atomic mass is 16.6. The van der Waals surface area contributed by atoms with Crippen molar-refractivity contribution in [3.05, 3.63) is 18.2 Å². The molecule has 0 bridgehead atoms. The van der Waals surface area contributed by atoms with Crippen LogP contribution in [0, 0.1) is 5.92 Å². The maximum atomic E-state index is 12.3. The number of likely N-dealkylation sites (N-methyl/N-ethyl adjacent to an activating group) is 1. The van der Waals surface area contributed by atoms with Gasteiger partial charge in [-0.05, 0) is 0 Å². The minimum absolute atomic E-state index is 0.0934. The maximum Gasteiger partial charge on any atom is 0.410 e. The van der Waals surface area contributed by atoms with Crippen molar-refractivity contribution in [1.82, 2.24) is 19.8 Å². The molecule has 2 aliphatic rings. The number of nitrogens with zero attached hydrogens (tertiary/aromatic N) is 3. The quantitative estimate of drug-likeness (QED) is 0.859. The van der Waals surface area contributed by atoms with Crippen LogP contribution in [0.25, 0.3) is 0 Å². The number of carbonyl (C=O) groups excluding carboxylic acids is 2. The lowest BCUT2D eigenvalue weighted by atomic mass is 9.91. The Labute approximate surface area is 116 Å². The molecule has 0 aliphatic carbocycles. The van der Waals surface area contributed by atoms with Crippen molar-refractivity contribution in [2.24, 2.45) is 5.92 Å². The monoisotopic (exact) mass is 278 g/mol. The van der Waals surface area contributed by atoms with Gasteiger partial charge in [0.25, 0.3) is 0 Å². The third-order valence-corrected chi connectivity index (χ3v) is 3.91. The highest BCUT2D eigenvalue weighted by molar-refractivity contribution is 5.80. The first-order valence-electron chi connectivity index (χ1n) is 6.69. The molecule has 7 heteroatoms. The molecule has 2 amide bonds. The molecule has 1 aromatic rings. The van der Waals surface area contributed by atoms with Gasteiger partial charge in [-0.2, -0.15) is 0 Å². The topological polar surface area (TPSA) is 78.5 Å². The molecule has 0 saturated carbocycles. The summed E-state index contributed by atoms with van der Waals surface area (Å²) in [5, 5.41) is 0. The number of ether oxygens (including phenoxy) is 1. The summed E-state index contributed by atoms with van der Waals surface area (Å²) in [6.07, 6.45) is 3.68. The molecule has 3 heterocycles. The van der Waals surface area contributed by atoms with Gasteiger partial charge in [-0.25, -0.2) is 9.78 Å². The van der Waals surface area contributed by atoms with Crippen LogP contribution in [0.15, 0.2) is 12.5 Å². The van der Waals surface area contributed by atoms with Crippen molar-refractivity contribution in [2.75, 3.05) is 26.7 Å². The minimum Gasteiger partial charge on any atom is -0.437 e. The normalized spacial score (nSPS) is 21.8. The number of amides is 2.